The number of aromatic nitrogens is 1. The normalized spacial score (nSPS) is 12.8. The second kappa shape index (κ2) is 5.27. The predicted molar refractivity (Wildman–Crippen MR) is 53.7 cm³/mol. The molecule has 0 aliphatic heterocycles. The van der Waals surface area contributed by atoms with E-state index in [9.17, 15) is 26.0 Å². The highest BCUT2D eigenvalue weighted by Gasteiger charge is 2.41. The van der Waals surface area contributed by atoms with E-state index in [0.717, 1.165) is 18.3 Å². The Morgan fingerprint density at radius 1 is 1.39 bits per heavy atom. The van der Waals surface area contributed by atoms with Crippen LogP contribution in [0.4, 0.5) is 17.6 Å². The molecule has 0 bridgehead atoms. The minimum Gasteiger partial charge on any atom is -0.471 e. The van der Waals surface area contributed by atoms with Gasteiger partial charge < -0.3 is 4.74 Å². The molecule has 0 atom stereocenters. The molecule has 0 aliphatic rings. The standard InChI is InChI=1S/C8H6ClF4NO3S/c9-18(15,16)5-1-2-6(14-3-5)17-4-8(12,13)7(10)11/h1-3,7H,4H2. The van der Waals surface area contributed by atoms with Crippen LogP contribution in [0.1, 0.15) is 0 Å². The van der Waals surface area contributed by atoms with E-state index in [1.165, 1.54) is 0 Å². The van der Waals surface area contributed by atoms with Crippen molar-refractivity contribution in [2.45, 2.75) is 17.2 Å². The van der Waals surface area contributed by atoms with E-state index in [4.69, 9.17) is 10.7 Å². The molecule has 1 aromatic heterocycles. The van der Waals surface area contributed by atoms with Crippen molar-refractivity contribution >= 4 is 19.7 Å². The van der Waals surface area contributed by atoms with Crippen LogP contribution in [0.25, 0.3) is 0 Å². The SMILES string of the molecule is O=S(=O)(Cl)c1ccc(OCC(F)(F)C(F)F)nc1. The van der Waals surface area contributed by atoms with Gasteiger partial charge in [-0.3, -0.25) is 0 Å². The van der Waals surface area contributed by atoms with Gasteiger partial charge in [0, 0.05) is 16.7 Å². The maximum absolute atomic E-state index is 12.5. The zero-order valence-electron chi connectivity index (χ0n) is 8.49. The van der Waals surface area contributed by atoms with E-state index in [-0.39, 0.29) is 4.90 Å². The van der Waals surface area contributed by atoms with E-state index >= 15 is 0 Å². The predicted octanol–water partition coefficient (Wildman–Crippen LogP) is 2.29. The van der Waals surface area contributed by atoms with Crippen molar-refractivity contribution in [1.29, 1.82) is 0 Å². The van der Waals surface area contributed by atoms with Crippen molar-refractivity contribution in [3.05, 3.63) is 18.3 Å². The minimum atomic E-state index is -4.31. The zero-order chi connectivity index (χ0) is 14.0. The van der Waals surface area contributed by atoms with Gasteiger partial charge in [0.25, 0.3) is 9.05 Å². The van der Waals surface area contributed by atoms with Crippen molar-refractivity contribution in [3.63, 3.8) is 0 Å². The fourth-order valence-corrected chi connectivity index (χ4v) is 1.51. The summed E-state index contributed by atoms with van der Waals surface area (Å²) in [6, 6.07) is 1.88. The number of alkyl halides is 4. The Bertz CT molecular complexity index is 506. The molecule has 102 valence electrons. The molecule has 0 spiro atoms. The third-order valence-corrected chi connectivity index (χ3v) is 3.06. The third-order valence-electron chi connectivity index (χ3n) is 1.72. The van der Waals surface area contributed by atoms with Gasteiger partial charge in [-0.05, 0) is 6.07 Å². The molecule has 18 heavy (non-hydrogen) atoms. The van der Waals surface area contributed by atoms with Crippen molar-refractivity contribution in [1.82, 2.24) is 4.98 Å². The molecular formula is C8H6ClF4NO3S. The van der Waals surface area contributed by atoms with E-state index < -0.39 is 33.9 Å². The summed E-state index contributed by atoms with van der Waals surface area (Å²) < 4.78 is 74.5. The first-order valence-corrected chi connectivity index (χ1v) is 6.63. The van der Waals surface area contributed by atoms with Crippen molar-refractivity contribution in [3.8, 4) is 5.88 Å². The smallest absolute Gasteiger partial charge is 0.340 e. The van der Waals surface area contributed by atoms with Crippen LogP contribution in [-0.4, -0.2) is 32.4 Å². The lowest BCUT2D eigenvalue weighted by Crippen LogP contribution is -2.33. The van der Waals surface area contributed by atoms with Gasteiger partial charge in [-0.25, -0.2) is 22.2 Å². The Labute approximate surface area is 104 Å². The first-order chi connectivity index (χ1) is 8.13. The highest BCUT2D eigenvalue weighted by Crippen LogP contribution is 2.24. The second-order valence-corrected chi connectivity index (χ2v) is 5.69. The average molecular weight is 308 g/mol. The van der Waals surface area contributed by atoms with Gasteiger partial charge in [-0.2, -0.15) is 8.78 Å². The Hall–Kier alpha value is -1.09. The lowest BCUT2D eigenvalue weighted by atomic mass is 10.4. The summed E-state index contributed by atoms with van der Waals surface area (Å²) in [5, 5.41) is 0. The summed E-state index contributed by atoms with van der Waals surface area (Å²) in [6.45, 7) is -1.56. The Kier molecular flexibility index (Phi) is 4.38. The minimum absolute atomic E-state index is 0.364. The molecule has 10 heteroatoms. The van der Waals surface area contributed by atoms with Gasteiger partial charge in [-0.1, -0.05) is 0 Å². The summed E-state index contributed by atoms with van der Waals surface area (Å²) in [6.07, 6.45) is -3.10. The molecule has 0 saturated heterocycles. The van der Waals surface area contributed by atoms with Crippen molar-refractivity contribution < 1.29 is 30.7 Å². The van der Waals surface area contributed by atoms with E-state index in [1.54, 1.807) is 0 Å². The lowest BCUT2D eigenvalue weighted by molar-refractivity contribution is -0.148. The maximum atomic E-state index is 12.5. The van der Waals surface area contributed by atoms with Crippen LogP contribution >= 0.6 is 10.7 Å². The highest BCUT2D eigenvalue weighted by atomic mass is 35.7. The van der Waals surface area contributed by atoms with E-state index in [0.29, 0.717) is 0 Å². The summed E-state index contributed by atoms with van der Waals surface area (Å²) >= 11 is 0. The number of nitrogens with zero attached hydrogens (tertiary/aromatic N) is 1. The fourth-order valence-electron chi connectivity index (χ4n) is 0.829. The van der Waals surface area contributed by atoms with Crippen LogP contribution in [0.3, 0.4) is 0 Å². The molecule has 0 N–H and O–H groups in total. The molecule has 1 heterocycles. The molecule has 4 nitrogen and oxygen atoms in total. The quantitative estimate of drug-likeness (QED) is 0.618. The van der Waals surface area contributed by atoms with Crippen LogP contribution in [-0.2, 0) is 9.05 Å². The van der Waals surface area contributed by atoms with Gasteiger partial charge in [0.15, 0.2) is 6.61 Å². The number of hydrogen-bond acceptors (Lipinski definition) is 4. The Morgan fingerprint density at radius 3 is 2.39 bits per heavy atom. The van der Waals surface area contributed by atoms with Gasteiger partial charge in [-0.15, -0.1) is 0 Å². The van der Waals surface area contributed by atoms with E-state index in [1.807, 2.05) is 0 Å². The summed E-state index contributed by atoms with van der Waals surface area (Å²) in [5.41, 5.74) is 0. The number of ether oxygens (including phenoxy) is 1. The first-order valence-electron chi connectivity index (χ1n) is 4.32. The van der Waals surface area contributed by atoms with Crippen molar-refractivity contribution in [2.75, 3.05) is 6.61 Å². The van der Waals surface area contributed by atoms with Crippen LogP contribution in [0.15, 0.2) is 23.2 Å². The maximum Gasteiger partial charge on any atom is 0.340 e. The Morgan fingerprint density at radius 2 is 2.00 bits per heavy atom. The second-order valence-electron chi connectivity index (χ2n) is 3.12. The molecule has 0 aliphatic carbocycles. The van der Waals surface area contributed by atoms with E-state index in [2.05, 4.69) is 9.72 Å². The molecule has 1 aromatic rings. The summed E-state index contributed by atoms with van der Waals surface area (Å²) in [4.78, 5) is 2.98. The Balaban J connectivity index is 2.71. The van der Waals surface area contributed by atoms with Crippen LogP contribution in [0.2, 0.25) is 0 Å². The average Bonchev–Trinajstić information content (AvgIpc) is 2.25. The number of hydrogen-bond donors (Lipinski definition) is 0. The molecule has 0 radical (unpaired) electrons. The molecule has 0 saturated carbocycles. The van der Waals surface area contributed by atoms with Crippen LogP contribution < -0.4 is 4.74 Å². The number of rotatable bonds is 5. The van der Waals surface area contributed by atoms with Crippen molar-refractivity contribution in [2.24, 2.45) is 0 Å². The van der Waals surface area contributed by atoms with Crippen LogP contribution in [0.5, 0.6) is 5.88 Å². The number of halogens is 5. The molecule has 0 amide bonds. The number of pyridine rings is 1. The molecule has 0 aromatic carbocycles. The van der Waals surface area contributed by atoms with Gasteiger partial charge in [0.2, 0.25) is 5.88 Å². The summed E-state index contributed by atoms with van der Waals surface area (Å²) in [7, 11) is 0.984. The highest BCUT2D eigenvalue weighted by molar-refractivity contribution is 8.13. The topological polar surface area (TPSA) is 56.3 Å². The van der Waals surface area contributed by atoms with Crippen LogP contribution in [0, 0.1) is 0 Å². The molecule has 0 fully saturated rings. The van der Waals surface area contributed by atoms with Gasteiger partial charge in [0.1, 0.15) is 4.90 Å². The van der Waals surface area contributed by atoms with Gasteiger partial charge >= 0.3 is 12.3 Å². The molecule has 1 rings (SSSR count). The summed E-state index contributed by atoms with van der Waals surface area (Å²) in [5.74, 6) is -4.72. The zero-order valence-corrected chi connectivity index (χ0v) is 10.1. The third kappa shape index (κ3) is 3.98. The monoisotopic (exact) mass is 307 g/mol. The fraction of sp³-hybridized carbons (Fsp3) is 0.375. The first kappa shape index (κ1) is 15.0. The largest absolute Gasteiger partial charge is 0.471 e. The molecular weight excluding hydrogens is 302 g/mol. The lowest BCUT2D eigenvalue weighted by Gasteiger charge is -2.15. The molecule has 0 unspecified atom stereocenters. The van der Waals surface area contributed by atoms with Gasteiger partial charge in [0.05, 0.1) is 6.20 Å².